The number of aliphatic imine (C=N–C) groups is 1. The molecule has 0 aromatic heterocycles. The third-order valence-corrected chi connectivity index (χ3v) is 2.47. The Kier molecular flexibility index (Phi) is 2.12. The highest BCUT2D eigenvalue weighted by Crippen LogP contribution is 2.31. The van der Waals surface area contributed by atoms with E-state index < -0.39 is 0 Å². The van der Waals surface area contributed by atoms with E-state index in [-0.39, 0.29) is 0 Å². The summed E-state index contributed by atoms with van der Waals surface area (Å²) < 4.78 is 2.03. The number of halogens is 1. The zero-order valence-electron chi connectivity index (χ0n) is 6.31. The van der Waals surface area contributed by atoms with Crippen molar-refractivity contribution in [3.8, 4) is 0 Å². The molecule has 60 valence electrons. The predicted octanol–water partition coefficient (Wildman–Crippen LogP) is 3.07. The SMILES string of the molecule is IN1C=CC=Nc2ccccc21. The largest absolute Gasteiger partial charge is 0.288 e. The number of hydrogen-bond acceptors (Lipinski definition) is 2. The Hall–Kier alpha value is -0.840. The van der Waals surface area contributed by atoms with Crippen LogP contribution in [-0.4, -0.2) is 6.21 Å². The standard InChI is InChI=1S/C9H7IN2/c10-12-7-3-6-11-8-4-1-2-5-9(8)12/h1-7H. The lowest BCUT2D eigenvalue weighted by Gasteiger charge is -2.11. The van der Waals surface area contributed by atoms with Crippen molar-refractivity contribution in [2.75, 3.05) is 3.11 Å². The van der Waals surface area contributed by atoms with Crippen LogP contribution in [0.3, 0.4) is 0 Å². The summed E-state index contributed by atoms with van der Waals surface area (Å²) in [6.07, 6.45) is 5.71. The Morgan fingerprint density at radius 2 is 2.08 bits per heavy atom. The van der Waals surface area contributed by atoms with Crippen LogP contribution in [0.5, 0.6) is 0 Å². The molecule has 0 bridgehead atoms. The van der Waals surface area contributed by atoms with E-state index in [4.69, 9.17) is 0 Å². The van der Waals surface area contributed by atoms with E-state index in [2.05, 4.69) is 33.9 Å². The zero-order chi connectivity index (χ0) is 8.39. The van der Waals surface area contributed by atoms with E-state index >= 15 is 0 Å². The van der Waals surface area contributed by atoms with Crippen molar-refractivity contribution in [2.45, 2.75) is 0 Å². The molecule has 1 heterocycles. The summed E-state index contributed by atoms with van der Waals surface area (Å²) in [4.78, 5) is 4.28. The van der Waals surface area contributed by atoms with Crippen LogP contribution in [0.4, 0.5) is 11.4 Å². The fourth-order valence-electron chi connectivity index (χ4n) is 1.07. The topological polar surface area (TPSA) is 15.6 Å². The van der Waals surface area contributed by atoms with Crippen LogP contribution in [0.25, 0.3) is 0 Å². The Bertz CT molecular complexity index is 344. The van der Waals surface area contributed by atoms with Crippen LogP contribution in [0.1, 0.15) is 0 Å². The van der Waals surface area contributed by atoms with Gasteiger partial charge in [-0.3, -0.25) is 8.11 Å². The van der Waals surface area contributed by atoms with Crippen LogP contribution < -0.4 is 3.11 Å². The lowest BCUT2D eigenvalue weighted by molar-refractivity contribution is 1.46. The Balaban J connectivity index is 2.56. The third kappa shape index (κ3) is 1.36. The first-order valence-corrected chi connectivity index (χ1v) is 4.59. The van der Waals surface area contributed by atoms with Crippen LogP contribution in [0.2, 0.25) is 0 Å². The molecule has 1 aliphatic rings. The van der Waals surface area contributed by atoms with Gasteiger partial charge in [0, 0.05) is 12.4 Å². The molecule has 1 aromatic carbocycles. The number of anilines is 1. The number of benzene rings is 1. The molecule has 1 aromatic rings. The highest BCUT2D eigenvalue weighted by molar-refractivity contribution is 14.1. The van der Waals surface area contributed by atoms with Crippen LogP contribution in [0.15, 0.2) is 41.5 Å². The average molecular weight is 270 g/mol. The molecule has 0 spiro atoms. The van der Waals surface area contributed by atoms with Crippen LogP contribution in [0, 0.1) is 0 Å². The van der Waals surface area contributed by atoms with E-state index in [0.717, 1.165) is 11.4 Å². The summed E-state index contributed by atoms with van der Waals surface area (Å²) in [5, 5.41) is 0. The normalized spacial score (nSPS) is 14.2. The monoisotopic (exact) mass is 270 g/mol. The number of allylic oxidation sites excluding steroid dienone is 1. The Labute approximate surface area is 85.1 Å². The van der Waals surface area contributed by atoms with Crippen LogP contribution in [-0.2, 0) is 0 Å². The van der Waals surface area contributed by atoms with E-state index in [9.17, 15) is 0 Å². The van der Waals surface area contributed by atoms with Crippen molar-refractivity contribution < 1.29 is 0 Å². The van der Waals surface area contributed by atoms with Gasteiger partial charge in [0.25, 0.3) is 0 Å². The number of fused-ring (bicyclic) bond motifs is 1. The minimum absolute atomic E-state index is 1.01. The predicted molar refractivity (Wildman–Crippen MR) is 60.2 cm³/mol. The van der Waals surface area contributed by atoms with Crippen molar-refractivity contribution >= 4 is 40.5 Å². The van der Waals surface area contributed by atoms with Gasteiger partial charge in [-0.25, -0.2) is 0 Å². The van der Waals surface area contributed by atoms with Crippen molar-refractivity contribution in [1.82, 2.24) is 0 Å². The van der Waals surface area contributed by atoms with Gasteiger partial charge < -0.3 is 0 Å². The Morgan fingerprint density at radius 3 is 3.00 bits per heavy atom. The molecule has 0 amide bonds. The molecular weight excluding hydrogens is 263 g/mol. The molecule has 0 unspecified atom stereocenters. The summed E-state index contributed by atoms with van der Waals surface area (Å²) in [5.41, 5.74) is 2.14. The maximum Gasteiger partial charge on any atom is 0.0873 e. The van der Waals surface area contributed by atoms with Crippen LogP contribution >= 0.6 is 22.9 Å². The molecule has 2 nitrogen and oxygen atoms in total. The maximum absolute atomic E-state index is 4.28. The van der Waals surface area contributed by atoms with Gasteiger partial charge in [0.1, 0.15) is 0 Å². The highest BCUT2D eigenvalue weighted by Gasteiger charge is 2.05. The lowest BCUT2D eigenvalue weighted by atomic mass is 10.3. The number of hydrogen-bond donors (Lipinski definition) is 0. The Morgan fingerprint density at radius 1 is 1.25 bits per heavy atom. The van der Waals surface area contributed by atoms with Crippen molar-refractivity contribution in [2.24, 2.45) is 4.99 Å². The molecule has 0 saturated heterocycles. The molecule has 1 aliphatic heterocycles. The summed E-state index contributed by atoms with van der Waals surface area (Å²) in [6.45, 7) is 0. The van der Waals surface area contributed by atoms with Gasteiger partial charge in [-0.05, 0) is 18.2 Å². The van der Waals surface area contributed by atoms with Crippen molar-refractivity contribution in [3.05, 3.63) is 36.5 Å². The van der Waals surface area contributed by atoms with Gasteiger partial charge in [0.2, 0.25) is 0 Å². The first kappa shape index (κ1) is 7.79. The average Bonchev–Trinajstić information content (AvgIpc) is 2.29. The smallest absolute Gasteiger partial charge is 0.0873 e. The first-order chi connectivity index (χ1) is 5.88. The minimum atomic E-state index is 1.01. The first-order valence-electron chi connectivity index (χ1n) is 3.63. The molecule has 2 rings (SSSR count). The van der Waals surface area contributed by atoms with Gasteiger partial charge >= 0.3 is 0 Å². The molecule has 0 saturated carbocycles. The quantitative estimate of drug-likeness (QED) is 0.522. The molecule has 0 radical (unpaired) electrons. The molecule has 0 atom stereocenters. The molecule has 3 heteroatoms. The third-order valence-electron chi connectivity index (χ3n) is 1.63. The lowest BCUT2D eigenvalue weighted by Crippen LogP contribution is -1.96. The molecule has 0 N–H and O–H groups in total. The van der Waals surface area contributed by atoms with Gasteiger partial charge in [0.05, 0.1) is 34.2 Å². The van der Waals surface area contributed by atoms with Gasteiger partial charge in [0.15, 0.2) is 0 Å². The zero-order valence-corrected chi connectivity index (χ0v) is 8.47. The number of nitrogens with zero attached hydrogens (tertiary/aromatic N) is 2. The summed E-state index contributed by atoms with van der Waals surface area (Å²) in [5.74, 6) is 0. The minimum Gasteiger partial charge on any atom is -0.288 e. The number of rotatable bonds is 0. The second-order valence-corrected chi connectivity index (χ2v) is 3.46. The maximum atomic E-state index is 4.28. The fraction of sp³-hybridized carbons (Fsp3) is 0. The number of para-hydroxylation sites is 2. The van der Waals surface area contributed by atoms with E-state index in [1.807, 2.05) is 33.6 Å². The van der Waals surface area contributed by atoms with E-state index in [1.165, 1.54) is 0 Å². The second-order valence-electron chi connectivity index (χ2n) is 2.42. The van der Waals surface area contributed by atoms with Gasteiger partial charge in [-0.15, -0.1) is 0 Å². The highest BCUT2D eigenvalue weighted by atomic mass is 127. The summed E-state index contributed by atoms with van der Waals surface area (Å²) in [6, 6.07) is 8.06. The molecular formula is C9H7IN2. The molecule has 12 heavy (non-hydrogen) atoms. The fourth-order valence-corrected chi connectivity index (χ4v) is 1.67. The van der Waals surface area contributed by atoms with Crippen molar-refractivity contribution in [3.63, 3.8) is 0 Å². The second kappa shape index (κ2) is 3.26. The summed E-state index contributed by atoms with van der Waals surface area (Å²) >= 11 is 2.24. The summed E-state index contributed by atoms with van der Waals surface area (Å²) in [7, 11) is 0. The molecule has 0 fully saturated rings. The molecule has 0 aliphatic carbocycles. The van der Waals surface area contributed by atoms with E-state index in [0.29, 0.717) is 0 Å². The van der Waals surface area contributed by atoms with Gasteiger partial charge in [-0.2, -0.15) is 0 Å². The van der Waals surface area contributed by atoms with E-state index in [1.54, 1.807) is 6.21 Å². The van der Waals surface area contributed by atoms with Gasteiger partial charge in [-0.1, -0.05) is 12.1 Å². The van der Waals surface area contributed by atoms with Crippen molar-refractivity contribution in [1.29, 1.82) is 0 Å².